The standard InChI is InChI=1S/C28H58O5/c1-10-23(5)12-29-14-25(7)15-30-16-26(8)17-31-18-27(9)19-33-21-28(22(3)4)20-32-13-24(6)11-2/h22-28H,10-21H2,1-9H3. The van der Waals surface area contributed by atoms with Gasteiger partial charge in [0.2, 0.25) is 0 Å². The van der Waals surface area contributed by atoms with Crippen LogP contribution in [0, 0.1) is 41.4 Å². The van der Waals surface area contributed by atoms with Crippen LogP contribution in [-0.4, -0.2) is 66.1 Å². The van der Waals surface area contributed by atoms with Crippen LogP contribution in [0.3, 0.4) is 0 Å². The van der Waals surface area contributed by atoms with Gasteiger partial charge in [0.05, 0.1) is 52.9 Å². The van der Waals surface area contributed by atoms with E-state index in [0.29, 0.717) is 41.4 Å². The van der Waals surface area contributed by atoms with Crippen LogP contribution in [0.5, 0.6) is 0 Å². The molecule has 0 aromatic heterocycles. The molecule has 0 aliphatic rings. The summed E-state index contributed by atoms with van der Waals surface area (Å²) in [4.78, 5) is 0. The third-order valence-electron chi connectivity index (χ3n) is 6.22. The fourth-order valence-electron chi connectivity index (χ4n) is 3.07. The van der Waals surface area contributed by atoms with Gasteiger partial charge in [0, 0.05) is 36.9 Å². The van der Waals surface area contributed by atoms with Crippen molar-refractivity contribution in [2.45, 2.75) is 75.2 Å². The summed E-state index contributed by atoms with van der Waals surface area (Å²) in [6.45, 7) is 27.6. The molecule has 5 nitrogen and oxygen atoms in total. The van der Waals surface area contributed by atoms with Crippen molar-refractivity contribution in [1.82, 2.24) is 0 Å². The summed E-state index contributed by atoms with van der Waals surface area (Å²) in [7, 11) is 0. The monoisotopic (exact) mass is 474 g/mol. The highest BCUT2D eigenvalue weighted by Crippen LogP contribution is 2.14. The first kappa shape index (κ1) is 32.8. The van der Waals surface area contributed by atoms with Crippen LogP contribution in [0.25, 0.3) is 0 Å². The SMILES string of the molecule is CCC(C)COCC(C)COCC(C)COCC(C)COCC(COCC(C)CC)C(C)C. The maximum absolute atomic E-state index is 6.01. The summed E-state index contributed by atoms with van der Waals surface area (Å²) >= 11 is 0. The van der Waals surface area contributed by atoms with Gasteiger partial charge in [-0.15, -0.1) is 0 Å². The van der Waals surface area contributed by atoms with Gasteiger partial charge >= 0.3 is 0 Å². The van der Waals surface area contributed by atoms with Crippen LogP contribution in [-0.2, 0) is 23.7 Å². The smallest absolute Gasteiger partial charge is 0.0518 e. The average molecular weight is 475 g/mol. The fraction of sp³-hybridized carbons (Fsp3) is 1.00. The lowest BCUT2D eigenvalue weighted by atomic mass is 9.98. The molecule has 5 heteroatoms. The van der Waals surface area contributed by atoms with Gasteiger partial charge in [-0.3, -0.25) is 0 Å². The quantitative estimate of drug-likeness (QED) is 0.173. The molecule has 0 N–H and O–H groups in total. The van der Waals surface area contributed by atoms with Crippen LogP contribution in [0.15, 0.2) is 0 Å². The molecule has 0 aromatic carbocycles. The van der Waals surface area contributed by atoms with Gasteiger partial charge in [-0.05, 0) is 17.8 Å². The zero-order chi connectivity index (χ0) is 25.1. The molecule has 0 rings (SSSR count). The van der Waals surface area contributed by atoms with Crippen molar-refractivity contribution in [3.63, 3.8) is 0 Å². The van der Waals surface area contributed by atoms with Gasteiger partial charge in [0.1, 0.15) is 0 Å². The van der Waals surface area contributed by atoms with Crippen LogP contribution < -0.4 is 0 Å². The largest absolute Gasteiger partial charge is 0.381 e. The third kappa shape index (κ3) is 19.8. The summed E-state index contributed by atoms with van der Waals surface area (Å²) in [5.74, 6) is 3.46. The van der Waals surface area contributed by atoms with Crippen molar-refractivity contribution in [2.75, 3.05) is 66.1 Å². The Hall–Kier alpha value is -0.200. The van der Waals surface area contributed by atoms with E-state index in [1.54, 1.807) is 0 Å². The number of hydrogen-bond donors (Lipinski definition) is 0. The zero-order valence-corrected chi connectivity index (χ0v) is 23.6. The Labute approximate surface area is 206 Å². The number of ether oxygens (including phenoxy) is 5. The Kier molecular flexibility index (Phi) is 21.0. The maximum atomic E-state index is 6.01. The van der Waals surface area contributed by atoms with Gasteiger partial charge in [-0.25, -0.2) is 0 Å². The van der Waals surface area contributed by atoms with Crippen LogP contribution in [0.2, 0.25) is 0 Å². The molecule has 0 saturated carbocycles. The van der Waals surface area contributed by atoms with Crippen molar-refractivity contribution >= 4 is 0 Å². The Morgan fingerprint density at radius 2 is 0.606 bits per heavy atom. The lowest BCUT2D eigenvalue weighted by Gasteiger charge is -2.23. The molecule has 0 aliphatic heterocycles. The van der Waals surface area contributed by atoms with E-state index in [1.807, 2.05) is 0 Å². The fourth-order valence-corrected chi connectivity index (χ4v) is 3.07. The lowest BCUT2D eigenvalue weighted by molar-refractivity contribution is -0.0171. The molecule has 0 radical (unpaired) electrons. The first-order valence-electron chi connectivity index (χ1n) is 13.6. The average Bonchev–Trinajstić information content (AvgIpc) is 2.77. The molecule has 0 saturated heterocycles. The lowest BCUT2D eigenvalue weighted by Crippen LogP contribution is -2.25. The predicted molar refractivity (Wildman–Crippen MR) is 139 cm³/mol. The van der Waals surface area contributed by atoms with E-state index in [-0.39, 0.29) is 0 Å². The highest BCUT2D eigenvalue weighted by Gasteiger charge is 2.16. The summed E-state index contributed by atoms with van der Waals surface area (Å²) in [5.41, 5.74) is 0. The Balaban J connectivity index is 3.80. The van der Waals surface area contributed by atoms with Crippen LogP contribution >= 0.6 is 0 Å². The molecule has 0 aliphatic carbocycles. The van der Waals surface area contributed by atoms with Crippen LogP contribution in [0.1, 0.15) is 75.2 Å². The van der Waals surface area contributed by atoms with E-state index >= 15 is 0 Å². The van der Waals surface area contributed by atoms with E-state index in [1.165, 1.54) is 6.42 Å². The van der Waals surface area contributed by atoms with Gasteiger partial charge in [0.25, 0.3) is 0 Å². The maximum Gasteiger partial charge on any atom is 0.0518 e. The van der Waals surface area contributed by atoms with Crippen molar-refractivity contribution in [3.8, 4) is 0 Å². The molecule has 0 spiro atoms. The van der Waals surface area contributed by atoms with E-state index in [2.05, 4.69) is 62.3 Å². The summed E-state index contributed by atoms with van der Waals surface area (Å²) < 4.78 is 29.5. The van der Waals surface area contributed by atoms with E-state index in [9.17, 15) is 0 Å². The second kappa shape index (κ2) is 21.1. The summed E-state index contributed by atoms with van der Waals surface area (Å²) in [6.07, 6.45) is 2.33. The molecule has 6 unspecified atom stereocenters. The van der Waals surface area contributed by atoms with Gasteiger partial charge in [-0.1, -0.05) is 75.2 Å². The number of hydrogen-bond acceptors (Lipinski definition) is 5. The Bertz CT molecular complexity index is 417. The molecular weight excluding hydrogens is 416 g/mol. The summed E-state index contributed by atoms with van der Waals surface area (Å²) in [6, 6.07) is 0. The predicted octanol–water partition coefficient (Wildman–Crippen LogP) is 6.34. The molecule has 0 heterocycles. The second-order valence-corrected chi connectivity index (χ2v) is 11.0. The van der Waals surface area contributed by atoms with E-state index < -0.39 is 0 Å². The van der Waals surface area contributed by atoms with Crippen LogP contribution in [0.4, 0.5) is 0 Å². The molecular formula is C28H58O5. The van der Waals surface area contributed by atoms with Gasteiger partial charge in [-0.2, -0.15) is 0 Å². The zero-order valence-electron chi connectivity index (χ0n) is 23.6. The molecule has 200 valence electrons. The van der Waals surface area contributed by atoms with E-state index in [0.717, 1.165) is 72.5 Å². The van der Waals surface area contributed by atoms with Crippen molar-refractivity contribution in [2.24, 2.45) is 41.4 Å². The molecule has 0 amide bonds. The first-order valence-corrected chi connectivity index (χ1v) is 13.6. The topological polar surface area (TPSA) is 46.2 Å². The first-order chi connectivity index (χ1) is 15.7. The minimum absolute atomic E-state index is 0.384. The van der Waals surface area contributed by atoms with Gasteiger partial charge < -0.3 is 23.7 Å². The third-order valence-corrected chi connectivity index (χ3v) is 6.22. The van der Waals surface area contributed by atoms with Crippen molar-refractivity contribution in [1.29, 1.82) is 0 Å². The highest BCUT2D eigenvalue weighted by atomic mass is 16.5. The minimum atomic E-state index is 0.384. The molecule has 33 heavy (non-hydrogen) atoms. The van der Waals surface area contributed by atoms with Crippen molar-refractivity contribution in [3.05, 3.63) is 0 Å². The summed E-state index contributed by atoms with van der Waals surface area (Å²) in [5, 5.41) is 0. The highest BCUT2D eigenvalue weighted by molar-refractivity contribution is 4.63. The molecule has 0 bridgehead atoms. The Morgan fingerprint density at radius 3 is 0.848 bits per heavy atom. The normalized spacial score (nSPS) is 17.6. The van der Waals surface area contributed by atoms with Crippen molar-refractivity contribution < 1.29 is 23.7 Å². The molecule has 6 atom stereocenters. The molecule has 0 aromatic rings. The second-order valence-electron chi connectivity index (χ2n) is 11.0. The Morgan fingerprint density at radius 1 is 0.364 bits per heavy atom. The van der Waals surface area contributed by atoms with E-state index in [4.69, 9.17) is 23.7 Å². The number of rotatable bonds is 23. The van der Waals surface area contributed by atoms with Gasteiger partial charge in [0.15, 0.2) is 0 Å². The molecule has 0 fully saturated rings. The minimum Gasteiger partial charge on any atom is -0.381 e.